The van der Waals surface area contributed by atoms with E-state index in [1.54, 1.807) is 19.2 Å². The number of hydrogen-bond donors (Lipinski definition) is 0. The number of rotatable bonds is 8. The van der Waals surface area contributed by atoms with Crippen LogP contribution in [0.15, 0.2) is 52.9 Å². The van der Waals surface area contributed by atoms with Crippen molar-refractivity contribution in [2.45, 2.75) is 25.8 Å². The molecule has 1 aromatic heterocycles. The van der Waals surface area contributed by atoms with Crippen molar-refractivity contribution in [2.24, 2.45) is 0 Å². The van der Waals surface area contributed by atoms with E-state index in [1.807, 2.05) is 36.1 Å². The zero-order valence-corrected chi connectivity index (χ0v) is 19.2. The Kier molecular flexibility index (Phi) is 7.17. The van der Waals surface area contributed by atoms with E-state index in [-0.39, 0.29) is 17.6 Å². The Labute approximate surface area is 197 Å². The highest BCUT2D eigenvalue weighted by Crippen LogP contribution is 2.26. The molecule has 1 fully saturated rings. The van der Waals surface area contributed by atoms with E-state index in [1.165, 1.54) is 12.1 Å². The molecular weight excluding hydrogens is 438 g/mol. The number of benzene rings is 2. The third-order valence-corrected chi connectivity index (χ3v) is 6.12. The number of carbonyl (C=O) groups is 1. The largest absolute Gasteiger partial charge is 0.497 e. The van der Waals surface area contributed by atoms with Gasteiger partial charge in [0.25, 0.3) is 5.69 Å². The van der Waals surface area contributed by atoms with Gasteiger partial charge in [0, 0.05) is 50.3 Å². The molecule has 1 saturated heterocycles. The van der Waals surface area contributed by atoms with E-state index in [0.29, 0.717) is 56.4 Å². The predicted molar refractivity (Wildman–Crippen MR) is 124 cm³/mol. The Balaban J connectivity index is 1.28. The fourth-order valence-electron chi connectivity index (χ4n) is 3.96. The highest BCUT2D eigenvalue weighted by Gasteiger charge is 2.27. The lowest BCUT2D eigenvalue weighted by Crippen LogP contribution is -2.49. The molecule has 178 valence electrons. The Bertz CT molecular complexity index is 1120. The summed E-state index contributed by atoms with van der Waals surface area (Å²) in [6.07, 6.45) is 1.18. The maximum atomic E-state index is 12.7. The molecular formula is C24H27N5O5. The Morgan fingerprint density at radius 2 is 1.76 bits per heavy atom. The van der Waals surface area contributed by atoms with Crippen LogP contribution in [-0.2, 0) is 11.2 Å². The van der Waals surface area contributed by atoms with Crippen LogP contribution in [0.25, 0.3) is 11.5 Å². The van der Waals surface area contributed by atoms with E-state index in [2.05, 4.69) is 15.1 Å². The first-order valence-corrected chi connectivity index (χ1v) is 11.2. The summed E-state index contributed by atoms with van der Waals surface area (Å²) < 4.78 is 11.0. The highest BCUT2D eigenvalue weighted by atomic mass is 16.6. The van der Waals surface area contributed by atoms with Gasteiger partial charge in [0.05, 0.1) is 18.1 Å². The number of aryl methyl sites for hydroxylation is 1. The quantitative estimate of drug-likeness (QED) is 0.367. The van der Waals surface area contributed by atoms with Crippen LogP contribution in [0.3, 0.4) is 0 Å². The summed E-state index contributed by atoms with van der Waals surface area (Å²) in [5.74, 6) is 1.76. The highest BCUT2D eigenvalue weighted by molar-refractivity contribution is 5.76. The van der Waals surface area contributed by atoms with E-state index in [4.69, 9.17) is 9.15 Å². The number of hydrogen-bond acceptors (Lipinski definition) is 8. The van der Waals surface area contributed by atoms with Gasteiger partial charge in [-0.3, -0.25) is 19.8 Å². The number of ether oxygens (including phenoxy) is 1. The third-order valence-electron chi connectivity index (χ3n) is 6.12. The fourth-order valence-corrected chi connectivity index (χ4v) is 3.96. The lowest BCUT2D eigenvalue weighted by atomic mass is 10.1. The van der Waals surface area contributed by atoms with Crippen LogP contribution in [0.4, 0.5) is 5.69 Å². The lowest BCUT2D eigenvalue weighted by Gasteiger charge is -2.37. The SMILES string of the molecule is COc1ccc(CCC(=O)N2CCN(C(C)c3nnc(-c4ccc([N+](=O)[O-])cc4)o3)CC2)cc1. The van der Waals surface area contributed by atoms with Crippen molar-refractivity contribution in [1.82, 2.24) is 20.0 Å². The number of methoxy groups -OCH3 is 1. The fraction of sp³-hybridized carbons (Fsp3) is 0.375. The van der Waals surface area contributed by atoms with Crippen LogP contribution in [-0.4, -0.2) is 64.1 Å². The number of aromatic nitrogens is 2. The second-order valence-electron chi connectivity index (χ2n) is 8.19. The summed E-state index contributed by atoms with van der Waals surface area (Å²) in [4.78, 5) is 27.2. The van der Waals surface area contributed by atoms with Gasteiger partial charge in [0.2, 0.25) is 17.7 Å². The standard InChI is InChI=1S/C24H27N5O5/c1-17(23-25-26-24(34-23)19-6-8-20(9-7-19)29(31)32)27-13-15-28(16-14-27)22(30)12-5-18-3-10-21(33-2)11-4-18/h3-4,6-11,17H,5,12-16H2,1-2H3. The minimum absolute atomic E-state index is 0.00766. The van der Waals surface area contributed by atoms with E-state index >= 15 is 0 Å². The first-order valence-electron chi connectivity index (χ1n) is 11.2. The van der Waals surface area contributed by atoms with Gasteiger partial charge < -0.3 is 14.1 Å². The zero-order valence-electron chi connectivity index (χ0n) is 19.2. The average molecular weight is 466 g/mol. The van der Waals surface area contributed by atoms with Crippen molar-refractivity contribution >= 4 is 11.6 Å². The van der Waals surface area contributed by atoms with Gasteiger partial charge in [-0.25, -0.2) is 0 Å². The molecule has 10 nitrogen and oxygen atoms in total. The second kappa shape index (κ2) is 10.4. The van der Waals surface area contributed by atoms with Gasteiger partial charge in [-0.1, -0.05) is 12.1 Å². The molecule has 34 heavy (non-hydrogen) atoms. The van der Waals surface area contributed by atoms with Gasteiger partial charge in [0.1, 0.15) is 5.75 Å². The summed E-state index contributed by atoms with van der Waals surface area (Å²) in [5, 5.41) is 19.1. The van der Waals surface area contributed by atoms with Crippen molar-refractivity contribution in [1.29, 1.82) is 0 Å². The normalized spacial score (nSPS) is 15.2. The first kappa shape index (κ1) is 23.4. The average Bonchev–Trinajstić information content (AvgIpc) is 3.37. The van der Waals surface area contributed by atoms with Gasteiger partial charge in [0.15, 0.2) is 0 Å². The monoisotopic (exact) mass is 465 g/mol. The summed E-state index contributed by atoms with van der Waals surface area (Å²) >= 11 is 0. The zero-order chi connectivity index (χ0) is 24.1. The van der Waals surface area contributed by atoms with Crippen molar-refractivity contribution in [3.8, 4) is 17.2 Å². The molecule has 4 rings (SSSR count). The van der Waals surface area contributed by atoms with Crippen LogP contribution in [0, 0.1) is 10.1 Å². The molecule has 1 atom stereocenters. The molecule has 0 N–H and O–H groups in total. The number of nitro groups is 1. The summed E-state index contributed by atoms with van der Waals surface area (Å²) in [7, 11) is 1.63. The number of nitro benzene ring substituents is 1. The first-order chi connectivity index (χ1) is 16.4. The molecule has 1 amide bonds. The van der Waals surface area contributed by atoms with Crippen LogP contribution in [0.5, 0.6) is 5.75 Å². The van der Waals surface area contributed by atoms with Gasteiger partial charge in [-0.2, -0.15) is 0 Å². The van der Waals surface area contributed by atoms with E-state index in [0.717, 1.165) is 11.3 Å². The summed E-state index contributed by atoms with van der Waals surface area (Å²) in [5.41, 5.74) is 1.75. The predicted octanol–water partition coefficient (Wildman–Crippen LogP) is 3.49. The van der Waals surface area contributed by atoms with Gasteiger partial charge in [-0.15, -0.1) is 10.2 Å². The van der Waals surface area contributed by atoms with Gasteiger partial charge >= 0.3 is 0 Å². The third kappa shape index (κ3) is 5.40. The summed E-state index contributed by atoms with van der Waals surface area (Å²) in [6, 6.07) is 13.7. The number of piperazine rings is 1. The lowest BCUT2D eigenvalue weighted by molar-refractivity contribution is -0.384. The number of carbonyl (C=O) groups excluding carboxylic acids is 1. The number of non-ortho nitro benzene ring substituents is 1. The number of amides is 1. The Morgan fingerprint density at radius 1 is 1.09 bits per heavy atom. The minimum Gasteiger partial charge on any atom is -0.497 e. The molecule has 2 heterocycles. The molecule has 1 aliphatic heterocycles. The maximum absolute atomic E-state index is 12.7. The van der Waals surface area contributed by atoms with Crippen molar-refractivity contribution in [3.05, 3.63) is 70.1 Å². The molecule has 1 aliphatic rings. The van der Waals surface area contributed by atoms with Crippen LogP contribution < -0.4 is 4.74 Å². The van der Waals surface area contributed by atoms with Crippen LogP contribution >= 0.6 is 0 Å². The molecule has 2 aromatic carbocycles. The van der Waals surface area contributed by atoms with E-state index < -0.39 is 4.92 Å². The van der Waals surface area contributed by atoms with Crippen molar-refractivity contribution in [3.63, 3.8) is 0 Å². The maximum Gasteiger partial charge on any atom is 0.269 e. The van der Waals surface area contributed by atoms with Crippen molar-refractivity contribution in [2.75, 3.05) is 33.3 Å². The molecule has 0 radical (unpaired) electrons. The van der Waals surface area contributed by atoms with Gasteiger partial charge in [-0.05, 0) is 43.2 Å². The molecule has 3 aromatic rings. The van der Waals surface area contributed by atoms with Crippen LogP contribution in [0.1, 0.15) is 30.8 Å². The summed E-state index contributed by atoms with van der Waals surface area (Å²) in [6.45, 7) is 4.72. The molecule has 1 unspecified atom stereocenters. The Hall–Kier alpha value is -3.79. The molecule has 0 spiro atoms. The minimum atomic E-state index is -0.450. The molecule has 0 bridgehead atoms. The molecule has 10 heteroatoms. The smallest absolute Gasteiger partial charge is 0.269 e. The molecule has 0 aliphatic carbocycles. The van der Waals surface area contributed by atoms with E-state index in [9.17, 15) is 14.9 Å². The molecule has 0 saturated carbocycles. The topological polar surface area (TPSA) is 115 Å². The van der Waals surface area contributed by atoms with Crippen molar-refractivity contribution < 1.29 is 18.9 Å². The van der Waals surface area contributed by atoms with Crippen LogP contribution in [0.2, 0.25) is 0 Å². The second-order valence-corrected chi connectivity index (χ2v) is 8.19. The Morgan fingerprint density at radius 3 is 2.38 bits per heavy atom. The number of nitrogens with zero attached hydrogens (tertiary/aromatic N) is 5.